The predicted octanol–water partition coefficient (Wildman–Crippen LogP) is 2.92. The summed E-state index contributed by atoms with van der Waals surface area (Å²) in [5, 5.41) is 3.13. The van der Waals surface area contributed by atoms with Gasteiger partial charge in [0.15, 0.2) is 0 Å². The first kappa shape index (κ1) is 16.9. The van der Waals surface area contributed by atoms with E-state index in [1.54, 1.807) is 12.4 Å². The number of nitrogens with zero attached hydrogens (tertiary/aromatic N) is 1. The van der Waals surface area contributed by atoms with Gasteiger partial charge in [-0.1, -0.05) is 43.4 Å². The number of thioether (sulfide) groups is 1. The van der Waals surface area contributed by atoms with Gasteiger partial charge in [-0.2, -0.15) is 0 Å². The smallest absolute Gasteiger partial charge is 0.306 e. The lowest BCUT2D eigenvalue weighted by atomic mass is 10.3. The van der Waals surface area contributed by atoms with Crippen molar-refractivity contribution in [3.05, 3.63) is 30.1 Å². The highest BCUT2D eigenvalue weighted by Gasteiger charge is 2.04. The van der Waals surface area contributed by atoms with Crippen LogP contribution in [0.1, 0.15) is 31.7 Å². The third-order valence-electron chi connectivity index (χ3n) is 2.46. The van der Waals surface area contributed by atoms with Crippen molar-refractivity contribution in [1.82, 2.24) is 10.3 Å². The van der Waals surface area contributed by atoms with Crippen LogP contribution in [-0.2, 0) is 16.1 Å². The van der Waals surface area contributed by atoms with Gasteiger partial charge in [0.25, 0.3) is 0 Å². The van der Waals surface area contributed by atoms with E-state index in [-0.39, 0.29) is 5.97 Å². The van der Waals surface area contributed by atoms with Gasteiger partial charge in [-0.15, -0.1) is 0 Å². The minimum Gasteiger partial charge on any atom is -0.466 e. The number of unbranched alkanes of at least 4 members (excludes halogenated alkanes) is 1. The van der Waals surface area contributed by atoms with E-state index in [1.165, 1.54) is 11.8 Å². The van der Waals surface area contributed by atoms with E-state index in [0.717, 1.165) is 18.4 Å². The molecule has 1 aromatic rings. The van der Waals surface area contributed by atoms with Crippen LogP contribution in [0.3, 0.4) is 0 Å². The summed E-state index contributed by atoms with van der Waals surface area (Å²) in [5.41, 5.74) is 1.08. The average Bonchev–Trinajstić information content (AvgIpc) is 2.46. The summed E-state index contributed by atoms with van der Waals surface area (Å²) in [4.78, 5) is 15.4. The molecule has 1 heterocycles. The standard InChI is InChI=1S/C14H20N2O2S2/c1-2-3-8-18-13(17)6-9-20-14(19)16-11-12-5-4-7-15-10-12/h4-5,7,10H,2-3,6,8-9,11H2,1H3,(H,16,19). The van der Waals surface area contributed by atoms with E-state index in [4.69, 9.17) is 17.0 Å². The molecule has 110 valence electrons. The van der Waals surface area contributed by atoms with Gasteiger partial charge < -0.3 is 10.1 Å². The van der Waals surface area contributed by atoms with Gasteiger partial charge in [0, 0.05) is 24.7 Å². The van der Waals surface area contributed by atoms with E-state index >= 15 is 0 Å². The Hall–Kier alpha value is -1.14. The molecule has 6 heteroatoms. The molecule has 0 aromatic carbocycles. The van der Waals surface area contributed by atoms with Crippen molar-refractivity contribution in [1.29, 1.82) is 0 Å². The summed E-state index contributed by atoms with van der Waals surface area (Å²) >= 11 is 6.65. The van der Waals surface area contributed by atoms with Crippen molar-refractivity contribution in [3.8, 4) is 0 Å². The van der Waals surface area contributed by atoms with Crippen LogP contribution in [0.15, 0.2) is 24.5 Å². The highest BCUT2D eigenvalue weighted by atomic mass is 32.2. The minimum absolute atomic E-state index is 0.152. The van der Waals surface area contributed by atoms with Gasteiger partial charge in [-0.25, -0.2) is 0 Å². The second kappa shape index (κ2) is 10.6. The van der Waals surface area contributed by atoms with Gasteiger partial charge in [0.1, 0.15) is 4.32 Å². The molecule has 4 nitrogen and oxygen atoms in total. The molecular weight excluding hydrogens is 292 g/mol. The molecule has 0 bridgehead atoms. The number of aromatic nitrogens is 1. The molecule has 0 saturated heterocycles. The maximum Gasteiger partial charge on any atom is 0.306 e. The molecule has 1 N–H and O–H groups in total. The molecule has 0 unspecified atom stereocenters. The van der Waals surface area contributed by atoms with Gasteiger partial charge in [0.2, 0.25) is 0 Å². The van der Waals surface area contributed by atoms with Crippen LogP contribution in [0.2, 0.25) is 0 Å². The molecule has 1 aromatic heterocycles. The second-order valence-corrected chi connectivity index (χ2v) is 5.95. The van der Waals surface area contributed by atoms with Crippen molar-refractivity contribution in [2.45, 2.75) is 32.7 Å². The van der Waals surface area contributed by atoms with E-state index in [1.807, 2.05) is 12.1 Å². The molecule has 20 heavy (non-hydrogen) atoms. The Kier molecular flexibility index (Phi) is 8.98. The van der Waals surface area contributed by atoms with Gasteiger partial charge in [0.05, 0.1) is 13.0 Å². The maximum absolute atomic E-state index is 11.4. The largest absolute Gasteiger partial charge is 0.466 e. The normalized spacial score (nSPS) is 10.1. The quantitative estimate of drug-likeness (QED) is 0.452. The maximum atomic E-state index is 11.4. The summed E-state index contributed by atoms with van der Waals surface area (Å²) in [5.74, 6) is 0.491. The van der Waals surface area contributed by atoms with Gasteiger partial charge in [-0.05, 0) is 18.1 Å². The monoisotopic (exact) mass is 312 g/mol. The summed E-state index contributed by atoms with van der Waals surface area (Å²) < 4.78 is 5.76. The third kappa shape index (κ3) is 8.12. The van der Waals surface area contributed by atoms with Crippen LogP contribution in [0, 0.1) is 0 Å². The molecule has 0 amide bonds. The second-order valence-electron chi connectivity index (χ2n) is 4.17. The topological polar surface area (TPSA) is 51.2 Å². The molecular formula is C14H20N2O2S2. The summed E-state index contributed by atoms with van der Waals surface area (Å²) in [6.07, 6.45) is 5.88. The first-order valence-electron chi connectivity index (χ1n) is 6.67. The highest BCUT2D eigenvalue weighted by molar-refractivity contribution is 8.22. The van der Waals surface area contributed by atoms with E-state index < -0.39 is 0 Å². The van der Waals surface area contributed by atoms with Gasteiger partial charge >= 0.3 is 5.97 Å². The first-order valence-corrected chi connectivity index (χ1v) is 8.07. The molecule has 0 saturated carbocycles. The zero-order chi connectivity index (χ0) is 14.6. The fourth-order valence-corrected chi connectivity index (χ4v) is 2.31. The summed E-state index contributed by atoms with van der Waals surface area (Å²) in [7, 11) is 0. The van der Waals surface area contributed by atoms with Crippen molar-refractivity contribution in [2.24, 2.45) is 0 Å². The average molecular weight is 312 g/mol. The number of pyridine rings is 1. The van der Waals surface area contributed by atoms with Crippen LogP contribution in [0.25, 0.3) is 0 Å². The van der Waals surface area contributed by atoms with Crippen molar-refractivity contribution in [3.63, 3.8) is 0 Å². The molecule has 1 rings (SSSR count). The zero-order valence-corrected chi connectivity index (χ0v) is 13.3. The Morgan fingerprint density at radius 3 is 3.10 bits per heavy atom. The van der Waals surface area contributed by atoms with Crippen molar-refractivity contribution in [2.75, 3.05) is 12.4 Å². The number of hydrogen-bond acceptors (Lipinski definition) is 5. The SMILES string of the molecule is CCCCOC(=O)CCSC(=S)NCc1cccnc1. The number of carbonyl (C=O) groups excluding carboxylic acids is 1. The van der Waals surface area contributed by atoms with E-state index in [2.05, 4.69) is 17.2 Å². The number of hydrogen-bond donors (Lipinski definition) is 1. The number of ether oxygens (including phenoxy) is 1. The Morgan fingerprint density at radius 2 is 2.40 bits per heavy atom. The summed E-state index contributed by atoms with van der Waals surface area (Å²) in [6.45, 7) is 3.24. The first-order chi connectivity index (χ1) is 9.72. The molecule has 0 spiro atoms. The zero-order valence-electron chi connectivity index (χ0n) is 11.6. The predicted molar refractivity (Wildman–Crippen MR) is 86.6 cm³/mol. The van der Waals surface area contributed by atoms with E-state index in [0.29, 0.717) is 29.6 Å². The van der Waals surface area contributed by atoms with Crippen molar-refractivity contribution >= 4 is 34.3 Å². The van der Waals surface area contributed by atoms with Crippen molar-refractivity contribution < 1.29 is 9.53 Å². The molecule has 0 aliphatic carbocycles. The van der Waals surface area contributed by atoms with Gasteiger partial charge in [-0.3, -0.25) is 9.78 Å². The molecule has 0 radical (unpaired) electrons. The Balaban J connectivity index is 2.07. The Morgan fingerprint density at radius 1 is 1.55 bits per heavy atom. The molecule has 0 fully saturated rings. The summed E-state index contributed by atoms with van der Waals surface area (Å²) in [6, 6.07) is 3.87. The van der Waals surface area contributed by atoms with Crippen LogP contribution < -0.4 is 5.32 Å². The fraction of sp³-hybridized carbons (Fsp3) is 0.500. The van der Waals surface area contributed by atoms with E-state index in [9.17, 15) is 4.79 Å². The highest BCUT2D eigenvalue weighted by Crippen LogP contribution is 2.06. The number of esters is 1. The number of nitrogens with one attached hydrogen (secondary N) is 1. The van der Waals surface area contributed by atoms with Crippen LogP contribution in [0.5, 0.6) is 0 Å². The lowest BCUT2D eigenvalue weighted by Crippen LogP contribution is -2.18. The Bertz CT molecular complexity index is 413. The fourth-order valence-electron chi connectivity index (χ4n) is 1.36. The molecule has 0 aliphatic rings. The number of carbonyl (C=O) groups is 1. The number of thiocarbonyl (C=S) groups is 1. The lowest BCUT2D eigenvalue weighted by Gasteiger charge is -2.07. The van der Waals surface area contributed by atoms with Crippen LogP contribution >= 0.6 is 24.0 Å². The third-order valence-corrected chi connectivity index (χ3v) is 3.77. The lowest BCUT2D eigenvalue weighted by molar-refractivity contribution is -0.143. The van der Waals surface area contributed by atoms with Crippen LogP contribution in [-0.4, -0.2) is 27.6 Å². The minimum atomic E-state index is -0.152. The van der Waals surface area contributed by atoms with Crippen LogP contribution in [0.4, 0.5) is 0 Å². The number of rotatable bonds is 8. The molecule has 0 aliphatic heterocycles. The Labute approximate surface area is 129 Å². The molecule has 0 atom stereocenters.